The summed E-state index contributed by atoms with van der Waals surface area (Å²) in [5.74, 6) is -0.215. The second-order valence-corrected chi connectivity index (χ2v) is 4.00. The van der Waals surface area contributed by atoms with Gasteiger partial charge in [-0.25, -0.2) is 0 Å². The maximum atomic E-state index is 11.8. The second-order valence-electron chi connectivity index (χ2n) is 4.00. The minimum atomic E-state index is -0.368. The van der Waals surface area contributed by atoms with Crippen LogP contribution in [0.4, 0.5) is 0 Å². The fourth-order valence-corrected chi connectivity index (χ4v) is 1.65. The van der Waals surface area contributed by atoms with Gasteiger partial charge < -0.3 is 16.0 Å². The SMILES string of the molecule is CCCNC(N)=NC(=O)c1cc2ccccc2[nH]1.Cl. The van der Waals surface area contributed by atoms with E-state index in [-0.39, 0.29) is 24.3 Å². The van der Waals surface area contributed by atoms with E-state index >= 15 is 0 Å². The topological polar surface area (TPSA) is 83.3 Å². The molecular weight excluding hydrogens is 264 g/mol. The predicted octanol–water partition coefficient (Wildman–Crippen LogP) is 2.04. The molecule has 1 amide bonds. The summed E-state index contributed by atoms with van der Waals surface area (Å²) in [5, 5.41) is 3.84. The number of nitrogens with two attached hydrogens (primary N) is 1. The summed E-state index contributed by atoms with van der Waals surface area (Å²) in [7, 11) is 0. The lowest BCUT2D eigenvalue weighted by atomic mass is 10.2. The first-order valence-corrected chi connectivity index (χ1v) is 5.91. The molecule has 1 heterocycles. The number of nitrogens with zero attached hydrogens (tertiary/aromatic N) is 1. The highest BCUT2D eigenvalue weighted by Gasteiger charge is 2.08. The van der Waals surface area contributed by atoms with E-state index in [4.69, 9.17) is 5.73 Å². The highest BCUT2D eigenvalue weighted by atomic mass is 35.5. The Kier molecular flexibility index (Phi) is 5.38. The van der Waals surface area contributed by atoms with Crippen LogP contribution in [0.15, 0.2) is 35.3 Å². The van der Waals surface area contributed by atoms with Crippen molar-refractivity contribution < 1.29 is 4.79 Å². The van der Waals surface area contributed by atoms with E-state index in [2.05, 4.69) is 15.3 Å². The first kappa shape index (κ1) is 15.0. The Labute approximate surface area is 117 Å². The van der Waals surface area contributed by atoms with Crippen LogP contribution in [0.5, 0.6) is 0 Å². The van der Waals surface area contributed by atoms with Crippen LogP contribution in [-0.4, -0.2) is 23.4 Å². The highest BCUT2D eigenvalue weighted by Crippen LogP contribution is 2.14. The van der Waals surface area contributed by atoms with Gasteiger partial charge >= 0.3 is 0 Å². The molecule has 19 heavy (non-hydrogen) atoms. The average Bonchev–Trinajstić information content (AvgIpc) is 2.80. The molecule has 0 spiro atoms. The fourth-order valence-electron chi connectivity index (χ4n) is 1.65. The summed E-state index contributed by atoms with van der Waals surface area (Å²) >= 11 is 0. The monoisotopic (exact) mass is 280 g/mol. The van der Waals surface area contributed by atoms with Gasteiger partial charge in [0.15, 0.2) is 5.96 Å². The summed E-state index contributed by atoms with van der Waals surface area (Å²) in [6.45, 7) is 2.72. The van der Waals surface area contributed by atoms with Gasteiger partial charge in [-0.2, -0.15) is 4.99 Å². The van der Waals surface area contributed by atoms with Gasteiger partial charge in [0, 0.05) is 17.4 Å². The van der Waals surface area contributed by atoms with Crippen molar-refractivity contribution in [1.82, 2.24) is 10.3 Å². The van der Waals surface area contributed by atoms with Gasteiger partial charge in [0.25, 0.3) is 5.91 Å². The first-order chi connectivity index (χ1) is 8.70. The van der Waals surface area contributed by atoms with Crippen LogP contribution in [0.2, 0.25) is 0 Å². The van der Waals surface area contributed by atoms with E-state index in [9.17, 15) is 4.79 Å². The minimum Gasteiger partial charge on any atom is -0.370 e. The molecule has 0 aliphatic carbocycles. The van der Waals surface area contributed by atoms with E-state index in [1.165, 1.54) is 0 Å². The molecule has 1 aromatic heterocycles. The standard InChI is InChI=1S/C13H16N4O.ClH/c1-2-7-15-13(14)17-12(18)11-8-9-5-3-4-6-10(9)16-11;/h3-6,8,16H,2,7H2,1H3,(H3,14,15,17,18);1H. The van der Waals surface area contributed by atoms with E-state index in [1.807, 2.05) is 31.2 Å². The van der Waals surface area contributed by atoms with Crippen molar-refractivity contribution in [2.45, 2.75) is 13.3 Å². The molecule has 2 aromatic rings. The molecule has 0 bridgehead atoms. The van der Waals surface area contributed by atoms with Crippen molar-refractivity contribution in [3.8, 4) is 0 Å². The van der Waals surface area contributed by atoms with Gasteiger partial charge in [-0.3, -0.25) is 4.79 Å². The smallest absolute Gasteiger partial charge is 0.296 e. The number of rotatable bonds is 3. The number of fused-ring (bicyclic) bond motifs is 1. The quantitative estimate of drug-likeness (QED) is 0.594. The summed E-state index contributed by atoms with van der Waals surface area (Å²) in [6, 6.07) is 9.45. The Hall–Kier alpha value is -2.01. The van der Waals surface area contributed by atoms with Gasteiger partial charge in [0.2, 0.25) is 0 Å². The van der Waals surface area contributed by atoms with Crippen LogP contribution in [0, 0.1) is 0 Å². The van der Waals surface area contributed by atoms with Crippen molar-refractivity contribution in [2.75, 3.05) is 6.54 Å². The number of hydrogen-bond donors (Lipinski definition) is 3. The average molecular weight is 281 g/mol. The van der Waals surface area contributed by atoms with Gasteiger partial charge in [-0.05, 0) is 18.6 Å². The van der Waals surface area contributed by atoms with Gasteiger partial charge in [-0.1, -0.05) is 25.1 Å². The lowest BCUT2D eigenvalue weighted by Crippen LogP contribution is -2.33. The largest absolute Gasteiger partial charge is 0.370 e. The molecule has 0 fully saturated rings. The van der Waals surface area contributed by atoms with Crippen molar-refractivity contribution in [3.63, 3.8) is 0 Å². The Morgan fingerprint density at radius 3 is 2.84 bits per heavy atom. The van der Waals surface area contributed by atoms with Crippen molar-refractivity contribution >= 4 is 35.2 Å². The number of hydrogen-bond acceptors (Lipinski definition) is 1. The molecule has 0 radical (unpaired) electrons. The van der Waals surface area contributed by atoms with Crippen LogP contribution in [0.3, 0.4) is 0 Å². The number of nitrogens with one attached hydrogen (secondary N) is 2. The number of para-hydroxylation sites is 1. The van der Waals surface area contributed by atoms with Gasteiger partial charge in [0.1, 0.15) is 5.69 Å². The minimum absolute atomic E-state index is 0. The van der Waals surface area contributed by atoms with E-state index in [0.29, 0.717) is 12.2 Å². The molecule has 0 aliphatic rings. The zero-order chi connectivity index (χ0) is 13.0. The summed E-state index contributed by atoms with van der Waals surface area (Å²) in [6.07, 6.45) is 0.927. The maximum Gasteiger partial charge on any atom is 0.296 e. The number of carbonyl (C=O) groups is 1. The third-order valence-electron chi connectivity index (χ3n) is 2.54. The summed E-state index contributed by atoms with van der Waals surface area (Å²) in [5.41, 5.74) is 6.95. The number of amides is 1. The third kappa shape index (κ3) is 3.72. The van der Waals surface area contributed by atoms with Crippen LogP contribution < -0.4 is 11.1 Å². The fraction of sp³-hybridized carbons (Fsp3) is 0.231. The molecule has 6 heteroatoms. The molecule has 2 rings (SSSR count). The molecule has 5 nitrogen and oxygen atoms in total. The Bertz CT molecular complexity index is 558. The van der Waals surface area contributed by atoms with Crippen LogP contribution in [0.1, 0.15) is 23.8 Å². The number of aliphatic imine (C=N–C) groups is 1. The van der Waals surface area contributed by atoms with Crippen molar-refractivity contribution in [3.05, 3.63) is 36.0 Å². The summed E-state index contributed by atoms with van der Waals surface area (Å²) in [4.78, 5) is 18.7. The molecule has 4 N–H and O–H groups in total. The second kappa shape index (κ2) is 6.80. The molecule has 1 aromatic carbocycles. The molecule has 0 unspecified atom stereocenters. The van der Waals surface area contributed by atoms with Gasteiger partial charge in [0.05, 0.1) is 0 Å². The zero-order valence-corrected chi connectivity index (χ0v) is 11.5. The lowest BCUT2D eigenvalue weighted by Gasteiger charge is -2.01. The third-order valence-corrected chi connectivity index (χ3v) is 2.54. The summed E-state index contributed by atoms with van der Waals surface area (Å²) < 4.78 is 0. The first-order valence-electron chi connectivity index (χ1n) is 5.91. The number of benzene rings is 1. The predicted molar refractivity (Wildman–Crippen MR) is 79.8 cm³/mol. The maximum absolute atomic E-state index is 11.8. The van der Waals surface area contributed by atoms with Crippen molar-refractivity contribution in [1.29, 1.82) is 0 Å². The Morgan fingerprint density at radius 1 is 1.42 bits per heavy atom. The van der Waals surface area contributed by atoms with E-state index < -0.39 is 0 Å². The van der Waals surface area contributed by atoms with Crippen LogP contribution in [-0.2, 0) is 0 Å². The lowest BCUT2D eigenvalue weighted by molar-refractivity contribution is 0.0998. The molecular formula is C13H17ClN4O. The number of carbonyl (C=O) groups excluding carboxylic acids is 1. The molecule has 102 valence electrons. The zero-order valence-electron chi connectivity index (χ0n) is 10.6. The Balaban J connectivity index is 0.00000180. The number of aromatic amines is 1. The van der Waals surface area contributed by atoms with Crippen molar-refractivity contribution in [2.24, 2.45) is 10.7 Å². The van der Waals surface area contributed by atoms with Crippen LogP contribution >= 0.6 is 12.4 Å². The molecule has 0 saturated heterocycles. The number of H-pyrrole nitrogens is 1. The normalized spacial score (nSPS) is 11.1. The number of guanidine groups is 1. The molecule has 0 atom stereocenters. The molecule has 0 saturated carbocycles. The highest BCUT2D eigenvalue weighted by molar-refractivity contribution is 6.03. The van der Waals surface area contributed by atoms with E-state index in [1.54, 1.807) is 6.07 Å². The molecule has 0 aliphatic heterocycles. The Morgan fingerprint density at radius 2 is 2.16 bits per heavy atom. The van der Waals surface area contributed by atoms with Crippen LogP contribution in [0.25, 0.3) is 10.9 Å². The van der Waals surface area contributed by atoms with E-state index in [0.717, 1.165) is 17.3 Å². The number of halogens is 1. The van der Waals surface area contributed by atoms with Gasteiger partial charge in [-0.15, -0.1) is 12.4 Å². The number of aromatic nitrogens is 1.